The van der Waals surface area contributed by atoms with Crippen molar-refractivity contribution < 1.29 is 13.3 Å². The van der Waals surface area contributed by atoms with Crippen LogP contribution in [-0.2, 0) is 0 Å². The second-order valence-electron chi connectivity index (χ2n) is 34.0. The lowest BCUT2D eigenvalue weighted by molar-refractivity contribution is 0.652. The van der Waals surface area contributed by atoms with Crippen molar-refractivity contribution >= 4 is 315 Å². The number of nitrogens with zero attached hydrogens (tertiary/aromatic N) is 9. The first-order valence-corrected chi connectivity index (χ1v) is 47.7. The van der Waals surface area contributed by atoms with Gasteiger partial charge in [-0.15, -0.1) is 34.0 Å². The van der Waals surface area contributed by atoms with Gasteiger partial charge in [-0.3, -0.25) is 4.57 Å². The van der Waals surface area contributed by atoms with E-state index in [2.05, 4.69) is 343 Å². The number of aromatic nitrogens is 9. The Hall–Kier alpha value is -16.0. The summed E-state index contributed by atoms with van der Waals surface area (Å²) in [4.78, 5) is 28.0. The van der Waals surface area contributed by atoms with Crippen LogP contribution >= 0.6 is 68.8 Å². The van der Waals surface area contributed by atoms with Crippen LogP contribution < -0.4 is 0 Å². The van der Waals surface area contributed by atoms with Crippen molar-refractivity contribution in [2.75, 3.05) is 0 Å². The highest BCUT2D eigenvalue weighted by atomic mass is 35.5. The zero-order chi connectivity index (χ0) is 88.0. The fraction of sp³-hybridized carbons (Fsp3) is 0. The molecule has 12 aromatic heterocycles. The molecule has 31 aromatic rings. The van der Waals surface area contributed by atoms with Crippen molar-refractivity contribution in [2.45, 2.75) is 0 Å². The van der Waals surface area contributed by atoms with Gasteiger partial charge in [0.1, 0.15) is 16.7 Å². The highest BCUT2D eigenvalue weighted by Crippen LogP contribution is 2.55. The maximum atomic E-state index is 6.68. The molecule has 12 heterocycles. The summed E-state index contributed by atoms with van der Waals surface area (Å²) in [5.74, 6) is 0.718. The Bertz CT molecular complexity index is 10600. The molecule has 0 aliphatic rings. The molecule has 626 valence electrons. The highest BCUT2D eigenvalue weighted by Gasteiger charge is 2.31. The summed E-state index contributed by atoms with van der Waals surface area (Å²) in [6.07, 6.45) is 0. The van der Waals surface area contributed by atoms with E-state index in [-0.39, 0.29) is 15.9 Å². The molecule has 0 N–H and O–H groups in total. The molecule has 31 rings (SSSR count). The number of fused-ring (bicyclic) bond motifs is 43. The molecular weight excluding hydrogens is 1770 g/mol. The van der Waals surface area contributed by atoms with Crippen LogP contribution in [-0.4, -0.2) is 43.6 Å². The van der Waals surface area contributed by atoms with Gasteiger partial charge in [-0.2, -0.15) is 19.9 Å². The predicted molar refractivity (Wildman–Crippen MR) is 563 cm³/mol. The van der Waals surface area contributed by atoms with Gasteiger partial charge in [-0.05, 0) is 140 Å². The van der Waals surface area contributed by atoms with E-state index in [1.807, 2.05) is 88.6 Å². The van der Waals surface area contributed by atoms with Gasteiger partial charge in [0.05, 0.1) is 66.3 Å². The zero-order valence-electron chi connectivity index (χ0n) is 70.2. The van der Waals surface area contributed by atoms with Crippen molar-refractivity contribution in [1.82, 2.24) is 43.6 Å². The van der Waals surface area contributed by atoms with Crippen LogP contribution in [0.15, 0.2) is 377 Å². The largest absolute Gasteiger partial charge is 0.438 e. The number of hydrogen-bond donors (Lipinski definition) is 0. The van der Waals surface area contributed by atoms with E-state index in [9.17, 15) is 0 Å². The van der Waals surface area contributed by atoms with Crippen LogP contribution in [0.3, 0.4) is 0 Å². The van der Waals surface area contributed by atoms with E-state index in [0.717, 1.165) is 116 Å². The van der Waals surface area contributed by atoms with Crippen LogP contribution in [0.2, 0.25) is 15.9 Å². The van der Waals surface area contributed by atoms with Crippen molar-refractivity contribution in [3.63, 3.8) is 0 Å². The minimum Gasteiger partial charge on any atom is -0.438 e. The normalized spacial score (nSPS) is 12.3. The molecular formula is C116H60Cl3N9O3S3. The second kappa shape index (κ2) is 29.0. The summed E-state index contributed by atoms with van der Waals surface area (Å²) >= 11 is 25.3. The van der Waals surface area contributed by atoms with Gasteiger partial charge in [-0.25, -0.2) is 9.97 Å². The van der Waals surface area contributed by atoms with Crippen molar-refractivity contribution in [1.29, 1.82) is 0 Å². The van der Waals surface area contributed by atoms with E-state index < -0.39 is 0 Å². The Morgan fingerprint density at radius 2 is 0.627 bits per heavy atom. The number of benzene rings is 19. The summed E-state index contributed by atoms with van der Waals surface area (Å²) in [6, 6.07) is 129. The first-order chi connectivity index (χ1) is 66.2. The van der Waals surface area contributed by atoms with Crippen LogP contribution in [0, 0.1) is 0 Å². The molecule has 18 heteroatoms. The standard InChI is InChI=1S/C42H22ClN3OS.C38H20ClN3OS.C36H18ClN3OS/c43-42-44-37(35-30-22-21-23-11-1-2-12-24(23)39(30)47-41(35)45-42)28-16-6-9-19-32(28)46-31-18-8-5-15-27(31)36-38(46)26-14-4-3-13-25(26)34-29-17-7-10-20-33(29)48-40(34)36;39-38-40-34(32-26-12-4-7-15-29(26)43-37(32)41-38)21-17-19-22(20-18-21)42-28-14-6-3-11-25(28)33-35(42)24-10-2-1-9-23(24)31-27-13-5-8-16-30(27)44-36(31)33;37-36-38-34(30-23-13-5-7-15-26(23)41-35(30)39-36)40-25-18-17-19-9-1-2-10-20(19)29(25)31-32(40)22-12-4-3-11-21(22)28-24-14-6-8-16-27(24)42-33(28)31/h1-22H;1-20H;1-18H. The summed E-state index contributed by atoms with van der Waals surface area (Å²) < 4.78 is 33.6. The molecule has 0 saturated heterocycles. The molecule has 19 aromatic carbocycles. The number of rotatable bonds is 5. The SMILES string of the molecule is Clc1nc(-c2ccc(-n3c4ccccc4c4c5sc6ccccc6c5c5ccccc5c43)cc2)c2c(n1)oc1ccccc12.Clc1nc(-c2ccccc2-n2c3ccccc3c3c4sc5ccccc5c4c4ccccc4c32)c2c(n1)oc1c3ccccc3ccc12.Clc1nc(-n2c3ccc4ccccc4c3c3c4sc5ccccc5c4c4ccccc4c32)c2c(n1)oc1ccccc12. The molecule has 134 heavy (non-hydrogen) atoms. The summed E-state index contributed by atoms with van der Waals surface area (Å²) in [5.41, 5.74) is 16.2. The van der Waals surface area contributed by atoms with Gasteiger partial charge in [0.25, 0.3) is 0 Å². The maximum absolute atomic E-state index is 6.68. The summed E-state index contributed by atoms with van der Waals surface area (Å²) in [6.45, 7) is 0. The number of hydrogen-bond acceptors (Lipinski definition) is 12. The van der Waals surface area contributed by atoms with Gasteiger partial charge in [-0.1, -0.05) is 291 Å². The van der Waals surface area contributed by atoms with Gasteiger partial charge >= 0.3 is 0 Å². The zero-order valence-corrected chi connectivity index (χ0v) is 75.0. The third-order valence-corrected chi connectivity index (χ3v) is 31.1. The lowest BCUT2D eigenvalue weighted by Crippen LogP contribution is -2.00. The monoisotopic (exact) mass is 1830 g/mol. The third-order valence-electron chi connectivity index (χ3n) is 27.0. The Morgan fingerprint density at radius 3 is 1.20 bits per heavy atom. The minimum absolute atomic E-state index is 0.148. The molecule has 0 aliphatic carbocycles. The van der Waals surface area contributed by atoms with E-state index in [0.29, 0.717) is 17.1 Å². The lowest BCUT2D eigenvalue weighted by atomic mass is 9.98. The maximum Gasteiger partial charge on any atom is 0.233 e. The van der Waals surface area contributed by atoms with Crippen LogP contribution in [0.4, 0.5) is 0 Å². The Kier molecular flexibility index (Phi) is 16.4. The number of thiophene rings is 3. The topological polar surface area (TPSA) is 132 Å². The van der Waals surface area contributed by atoms with E-state index in [1.54, 1.807) is 0 Å². The minimum atomic E-state index is 0.148. The van der Waals surface area contributed by atoms with Crippen LogP contribution in [0.1, 0.15) is 0 Å². The molecule has 0 amide bonds. The van der Waals surface area contributed by atoms with E-state index in [1.165, 1.54) is 152 Å². The first-order valence-electron chi connectivity index (χ1n) is 44.1. The summed E-state index contributed by atoms with van der Waals surface area (Å²) in [7, 11) is 0. The molecule has 0 aliphatic heterocycles. The van der Waals surface area contributed by atoms with Crippen molar-refractivity contribution in [3.8, 4) is 39.7 Å². The van der Waals surface area contributed by atoms with Gasteiger partial charge in [0, 0.05) is 147 Å². The molecule has 0 unspecified atom stereocenters. The Labute approximate surface area is 784 Å². The van der Waals surface area contributed by atoms with Crippen LogP contribution in [0.25, 0.3) is 286 Å². The highest BCUT2D eigenvalue weighted by molar-refractivity contribution is 7.28. The van der Waals surface area contributed by atoms with Crippen molar-refractivity contribution in [2.24, 2.45) is 0 Å². The Morgan fingerprint density at radius 1 is 0.231 bits per heavy atom. The molecule has 0 spiro atoms. The predicted octanol–water partition coefficient (Wildman–Crippen LogP) is 34.6. The molecule has 0 atom stereocenters. The summed E-state index contributed by atoms with van der Waals surface area (Å²) in [5, 5.41) is 33.2. The van der Waals surface area contributed by atoms with Gasteiger partial charge in [0.2, 0.25) is 33.0 Å². The fourth-order valence-electron chi connectivity index (χ4n) is 21.7. The molecule has 0 bridgehead atoms. The van der Waals surface area contributed by atoms with Gasteiger partial charge < -0.3 is 22.4 Å². The molecule has 0 saturated carbocycles. The second-order valence-corrected chi connectivity index (χ2v) is 38.2. The molecule has 0 fully saturated rings. The molecule has 12 nitrogen and oxygen atoms in total. The fourth-order valence-corrected chi connectivity index (χ4v) is 26.0. The third kappa shape index (κ3) is 10.9. The molecule has 0 radical (unpaired) electrons. The Balaban J connectivity index is 0.0000000982. The van der Waals surface area contributed by atoms with E-state index in [4.69, 9.17) is 58.0 Å². The average Bonchev–Trinajstić information content (AvgIpc) is 1.53. The number of halogens is 3. The first kappa shape index (κ1) is 75.8. The van der Waals surface area contributed by atoms with Crippen LogP contribution in [0.5, 0.6) is 0 Å². The lowest BCUT2D eigenvalue weighted by Gasteiger charge is -2.15. The number of furan rings is 3. The van der Waals surface area contributed by atoms with Gasteiger partial charge in [0.15, 0.2) is 5.82 Å². The van der Waals surface area contributed by atoms with Crippen molar-refractivity contribution in [3.05, 3.63) is 380 Å². The average molecular weight is 1830 g/mol. The quantitative estimate of drug-likeness (QED) is 0.155. The smallest absolute Gasteiger partial charge is 0.233 e. The number of para-hydroxylation sites is 5. The van der Waals surface area contributed by atoms with E-state index >= 15 is 0 Å².